The van der Waals surface area contributed by atoms with Crippen molar-refractivity contribution in [3.05, 3.63) is 0 Å². The minimum absolute atomic E-state index is 0.0204. The highest BCUT2D eigenvalue weighted by atomic mass is 16.5. The third kappa shape index (κ3) is 3.98. The van der Waals surface area contributed by atoms with E-state index in [4.69, 9.17) is 4.74 Å². The number of ketones is 1. The molecule has 4 aliphatic carbocycles. The average molecular weight is 475 g/mol. The lowest BCUT2D eigenvalue weighted by Gasteiger charge is -2.64. The molecule has 10 atom stereocenters. The molecule has 4 saturated carbocycles. The van der Waals surface area contributed by atoms with Gasteiger partial charge < -0.3 is 9.84 Å². The summed E-state index contributed by atoms with van der Waals surface area (Å²) in [6, 6.07) is 0. The van der Waals surface area contributed by atoms with E-state index in [9.17, 15) is 14.7 Å². The fourth-order valence-electron chi connectivity index (χ4n) is 9.36. The number of rotatable bonds is 6. The zero-order valence-corrected chi connectivity index (χ0v) is 22.9. The molecule has 0 amide bonds. The van der Waals surface area contributed by atoms with Crippen molar-refractivity contribution >= 4 is 11.8 Å². The van der Waals surface area contributed by atoms with Crippen LogP contribution in [0, 0.1) is 52.3 Å². The molecule has 0 bridgehead atoms. The first-order valence-corrected chi connectivity index (χ1v) is 14.3. The van der Waals surface area contributed by atoms with Gasteiger partial charge in [0, 0.05) is 18.8 Å². The fourth-order valence-corrected chi connectivity index (χ4v) is 9.36. The number of ether oxygens (including phenoxy) is 1. The first-order valence-electron chi connectivity index (χ1n) is 14.3. The summed E-state index contributed by atoms with van der Waals surface area (Å²) in [7, 11) is 0. The van der Waals surface area contributed by atoms with E-state index in [1.807, 2.05) is 0 Å². The van der Waals surface area contributed by atoms with Gasteiger partial charge in [0.15, 0.2) is 5.78 Å². The number of hydrogen-bond acceptors (Lipinski definition) is 4. The van der Waals surface area contributed by atoms with Gasteiger partial charge in [0.2, 0.25) is 0 Å². The van der Waals surface area contributed by atoms with Crippen molar-refractivity contribution in [2.45, 2.75) is 124 Å². The zero-order valence-electron chi connectivity index (χ0n) is 22.9. The summed E-state index contributed by atoms with van der Waals surface area (Å²) in [5, 5.41) is 12.3. The molecule has 10 unspecified atom stereocenters. The van der Waals surface area contributed by atoms with Crippen molar-refractivity contribution < 1.29 is 19.4 Å². The SMILES string of the molecule is CC(=O)OC1CCC2(C)C(CCC3C4CCC(C(C)CCC(C)C(C)C)C4(C)CC(=O)C32O)C1. The smallest absolute Gasteiger partial charge is 0.302 e. The van der Waals surface area contributed by atoms with E-state index < -0.39 is 11.0 Å². The lowest BCUT2D eigenvalue weighted by atomic mass is 9.41. The topological polar surface area (TPSA) is 63.6 Å². The summed E-state index contributed by atoms with van der Waals surface area (Å²) >= 11 is 0. The second-order valence-electron chi connectivity index (χ2n) is 13.7. The molecule has 0 spiro atoms. The molecule has 0 aliphatic heterocycles. The molecule has 4 heteroatoms. The number of carbonyl (C=O) groups is 2. The molecule has 194 valence electrons. The van der Waals surface area contributed by atoms with E-state index in [2.05, 4.69) is 41.5 Å². The quantitative estimate of drug-likeness (QED) is 0.442. The first-order chi connectivity index (χ1) is 15.8. The lowest BCUT2D eigenvalue weighted by Crippen LogP contribution is -2.70. The summed E-state index contributed by atoms with van der Waals surface area (Å²) in [6.45, 7) is 15.5. The van der Waals surface area contributed by atoms with Crippen LogP contribution in [0.3, 0.4) is 0 Å². The molecule has 0 aromatic rings. The van der Waals surface area contributed by atoms with Gasteiger partial charge in [-0.05, 0) is 91.8 Å². The van der Waals surface area contributed by atoms with E-state index in [1.165, 1.54) is 26.2 Å². The van der Waals surface area contributed by atoms with Crippen LogP contribution < -0.4 is 0 Å². The van der Waals surface area contributed by atoms with Crippen molar-refractivity contribution in [3.8, 4) is 0 Å². The minimum Gasteiger partial charge on any atom is -0.463 e. The number of aliphatic hydroxyl groups is 1. The molecular weight excluding hydrogens is 424 g/mol. The van der Waals surface area contributed by atoms with Crippen molar-refractivity contribution in [1.82, 2.24) is 0 Å². The van der Waals surface area contributed by atoms with Gasteiger partial charge in [0.25, 0.3) is 0 Å². The summed E-state index contributed by atoms with van der Waals surface area (Å²) in [4.78, 5) is 25.5. The van der Waals surface area contributed by atoms with Gasteiger partial charge in [-0.2, -0.15) is 0 Å². The second-order valence-corrected chi connectivity index (χ2v) is 13.7. The Morgan fingerprint density at radius 1 is 1.03 bits per heavy atom. The average Bonchev–Trinajstić information content (AvgIpc) is 3.09. The van der Waals surface area contributed by atoms with E-state index in [1.54, 1.807) is 0 Å². The van der Waals surface area contributed by atoms with E-state index in [0.717, 1.165) is 50.4 Å². The first kappa shape index (κ1) is 26.2. The predicted molar refractivity (Wildman–Crippen MR) is 135 cm³/mol. The van der Waals surface area contributed by atoms with Crippen LogP contribution >= 0.6 is 0 Å². The summed E-state index contributed by atoms with van der Waals surface area (Å²) in [6.07, 6.45) is 9.61. The maximum atomic E-state index is 14.0. The number of fused-ring (bicyclic) bond motifs is 5. The van der Waals surface area contributed by atoms with Crippen LogP contribution in [-0.2, 0) is 14.3 Å². The Morgan fingerprint density at radius 2 is 1.71 bits per heavy atom. The number of Topliss-reactive ketones (excluding diaryl/α,β-unsaturated/α-hetero) is 1. The van der Waals surface area contributed by atoms with Crippen molar-refractivity contribution in [2.75, 3.05) is 0 Å². The van der Waals surface area contributed by atoms with Gasteiger partial charge in [0.1, 0.15) is 11.7 Å². The van der Waals surface area contributed by atoms with Gasteiger partial charge in [-0.3, -0.25) is 9.59 Å². The van der Waals surface area contributed by atoms with Crippen LogP contribution in [-0.4, -0.2) is 28.6 Å². The minimum atomic E-state index is -1.22. The van der Waals surface area contributed by atoms with Crippen LogP contribution in [0.15, 0.2) is 0 Å². The molecule has 0 aromatic carbocycles. The molecule has 0 aromatic heterocycles. The third-order valence-corrected chi connectivity index (χ3v) is 11.8. The molecule has 0 saturated heterocycles. The van der Waals surface area contributed by atoms with Gasteiger partial charge >= 0.3 is 5.97 Å². The molecule has 4 nitrogen and oxygen atoms in total. The Morgan fingerprint density at radius 3 is 2.35 bits per heavy atom. The van der Waals surface area contributed by atoms with Crippen molar-refractivity contribution in [1.29, 1.82) is 0 Å². The van der Waals surface area contributed by atoms with Crippen molar-refractivity contribution in [3.63, 3.8) is 0 Å². The number of hydrogen-bond donors (Lipinski definition) is 1. The van der Waals surface area contributed by atoms with Gasteiger partial charge in [0.05, 0.1) is 0 Å². The third-order valence-electron chi connectivity index (χ3n) is 11.8. The highest BCUT2D eigenvalue weighted by Crippen LogP contribution is 2.69. The maximum absolute atomic E-state index is 14.0. The van der Waals surface area contributed by atoms with Gasteiger partial charge in [-0.25, -0.2) is 0 Å². The predicted octanol–water partition coefficient (Wildman–Crippen LogP) is 6.58. The van der Waals surface area contributed by atoms with E-state index in [0.29, 0.717) is 24.2 Å². The van der Waals surface area contributed by atoms with E-state index >= 15 is 0 Å². The largest absolute Gasteiger partial charge is 0.463 e. The molecule has 0 heterocycles. The normalized spacial score (nSPS) is 45.8. The molecule has 1 N–H and O–H groups in total. The fraction of sp³-hybridized carbons (Fsp3) is 0.933. The summed E-state index contributed by atoms with van der Waals surface area (Å²) in [5.74, 6) is 3.32. The Bertz CT molecular complexity index is 791. The second kappa shape index (κ2) is 9.20. The summed E-state index contributed by atoms with van der Waals surface area (Å²) in [5.41, 5.74) is -1.60. The molecular formula is C30H50O4. The standard InChI is InChI=1S/C30H50O4/c1-18(2)19(3)8-9-20(4)24-12-13-25-26-11-10-22-16-23(34-21(5)31)14-15-29(22,7)30(26,33)27(32)17-28(24,25)6/h18-20,22-26,33H,8-17H2,1-7H3. The zero-order chi connectivity index (χ0) is 25.1. The lowest BCUT2D eigenvalue weighted by molar-refractivity contribution is -0.230. The maximum Gasteiger partial charge on any atom is 0.302 e. The monoisotopic (exact) mass is 474 g/mol. The molecule has 0 radical (unpaired) electrons. The molecule has 4 rings (SSSR count). The van der Waals surface area contributed by atoms with Crippen molar-refractivity contribution in [2.24, 2.45) is 52.3 Å². The van der Waals surface area contributed by atoms with Crippen LogP contribution in [0.25, 0.3) is 0 Å². The molecule has 34 heavy (non-hydrogen) atoms. The van der Waals surface area contributed by atoms with Crippen LogP contribution in [0.4, 0.5) is 0 Å². The number of esters is 1. The molecule has 4 aliphatic rings. The summed E-state index contributed by atoms with van der Waals surface area (Å²) < 4.78 is 5.56. The highest BCUT2D eigenvalue weighted by Gasteiger charge is 2.70. The Balaban J connectivity index is 1.54. The Labute approximate surface area is 208 Å². The Kier molecular flexibility index (Phi) is 7.08. The van der Waals surface area contributed by atoms with Gasteiger partial charge in [-0.15, -0.1) is 0 Å². The molecule has 4 fully saturated rings. The van der Waals surface area contributed by atoms with Gasteiger partial charge in [-0.1, -0.05) is 54.4 Å². The van der Waals surface area contributed by atoms with Crippen LogP contribution in [0.2, 0.25) is 0 Å². The Hall–Kier alpha value is -0.900. The highest BCUT2D eigenvalue weighted by molar-refractivity contribution is 5.90. The van der Waals surface area contributed by atoms with Crippen LogP contribution in [0.1, 0.15) is 113 Å². The van der Waals surface area contributed by atoms with Crippen LogP contribution in [0.5, 0.6) is 0 Å². The van der Waals surface area contributed by atoms with E-state index in [-0.39, 0.29) is 35.1 Å². The number of carbonyl (C=O) groups excluding carboxylic acids is 2.